The van der Waals surface area contributed by atoms with Crippen LogP contribution in [0, 0.1) is 19.8 Å². The highest BCUT2D eigenvalue weighted by molar-refractivity contribution is 7.98. The van der Waals surface area contributed by atoms with Gasteiger partial charge in [0.15, 0.2) is 5.78 Å². The minimum Gasteiger partial charge on any atom is -0.349 e. The summed E-state index contributed by atoms with van der Waals surface area (Å²) < 4.78 is 1.43. The maximum absolute atomic E-state index is 13.9. The SMILES string of the molecule is CSCC[C@@H]1NC(=O)[C@H](C(C)C)NC(=O)CN(C(=O)Cn2nc(C)c(C(C)=O)c2C)C[C@@H](Cc2ccccc2)NC(=O)[C@H](C)NC1=O. The molecule has 0 bridgehead atoms. The Morgan fingerprint density at radius 2 is 1.66 bits per heavy atom. The lowest BCUT2D eigenvalue weighted by Gasteiger charge is -2.30. The number of aromatic nitrogens is 2. The third kappa shape index (κ3) is 10.4. The van der Waals surface area contributed by atoms with Crippen LogP contribution in [0.1, 0.15) is 61.4 Å². The van der Waals surface area contributed by atoms with E-state index in [4.69, 9.17) is 0 Å². The smallest absolute Gasteiger partial charge is 0.244 e. The summed E-state index contributed by atoms with van der Waals surface area (Å²) in [7, 11) is 0. The van der Waals surface area contributed by atoms with Crippen LogP contribution in [-0.4, -0.2) is 99.3 Å². The van der Waals surface area contributed by atoms with Gasteiger partial charge in [0.25, 0.3) is 0 Å². The summed E-state index contributed by atoms with van der Waals surface area (Å²) in [6, 6.07) is 5.88. The highest BCUT2D eigenvalue weighted by Crippen LogP contribution is 2.15. The maximum Gasteiger partial charge on any atom is 0.244 e. The van der Waals surface area contributed by atoms with E-state index in [0.29, 0.717) is 35.5 Å². The molecule has 4 N–H and O–H groups in total. The summed E-state index contributed by atoms with van der Waals surface area (Å²) in [4.78, 5) is 81.2. The third-order valence-corrected chi connectivity index (χ3v) is 8.72. The van der Waals surface area contributed by atoms with Gasteiger partial charge in [-0.05, 0) is 64.0 Å². The summed E-state index contributed by atoms with van der Waals surface area (Å²) in [5.74, 6) is -2.51. The van der Waals surface area contributed by atoms with E-state index in [-0.39, 0.29) is 24.8 Å². The summed E-state index contributed by atoms with van der Waals surface area (Å²) in [6.45, 7) is 9.22. The minimum atomic E-state index is -0.986. The number of carbonyl (C=O) groups excluding carboxylic acids is 6. The number of nitrogens with zero attached hydrogens (tertiary/aromatic N) is 3. The lowest BCUT2D eigenvalue weighted by atomic mass is 10.0. The first kappa shape index (κ1) is 37.3. The van der Waals surface area contributed by atoms with Crippen molar-refractivity contribution >= 4 is 47.1 Å². The molecule has 256 valence electrons. The molecule has 1 aliphatic rings. The number of nitrogens with one attached hydrogen (secondary N) is 4. The summed E-state index contributed by atoms with van der Waals surface area (Å²) >= 11 is 1.51. The van der Waals surface area contributed by atoms with Crippen molar-refractivity contribution in [1.29, 1.82) is 0 Å². The molecule has 1 aromatic carbocycles. The number of rotatable bonds is 9. The van der Waals surface area contributed by atoms with Crippen molar-refractivity contribution in [2.45, 2.75) is 85.1 Å². The first-order valence-corrected chi connectivity index (χ1v) is 17.2. The van der Waals surface area contributed by atoms with E-state index in [2.05, 4.69) is 26.4 Å². The predicted molar refractivity (Wildman–Crippen MR) is 180 cm³/mol. The number of hydrogen-bond acceptors (Lipinski definition) is 8. The second-order valence-electron chi connectivity index (χ2n) is 12.3. The fourth-order valence-corrected chi connectivity index (χ4v) is 6.04. The van der Waals surface area contributed by atoms with E-state index in [9.17, 15) is 28.8 Å². The molecule has 0 unspecified atom stereocenters. The topological polar surface area (TPSA) is 172 Å². The Bertz CT molecular complexity index is 1460. The zero-order chi connectivity index (χ0) is 34.8. The van der Waals surface area contributed by atoms with Crippen molar-refractivity contribution in [3.05, 3.63) is 52.8 Å². The molecule has 0 spiro atoms. The summed E-state index contributed by atoms with van der Waals surface area (Å²) in [5.41, 5.74) is 2.34. The largest absolute Gasteiger partial charge is 0.349 e. The van der Waals surface area contributed by atoms with E-state index >= 15 is 0 Å². The highest BCUT2D eigenvalue weighted by Gasteiger charge is 2.33. The molecule has 47 heavy (non-hydrogen) atoms. The fraction of sp³-hybridized carbons (Fsp3) is 0.545. The van der Waals surface area contributed by atoms with Crippen LogP contribution in [0.3, 0.4) is 0 Å². The molecule has 1 aliphatic heterocycles. The fourth-order valence-electron chi connectivity index (χ4n) is 5.57. The van der Waals surface area contributed by atoms with Gasteiger partial charge in [-0.3, -0.25) is 33.4 Å². The van der Waals surface area contributed by atoms with Crippen molar-refractivity contribution in [2.75, 3.05) is 25.1 Å². The molecular formula is C33H47N7O6S. The number of thioether (sulfide) groups is 1. The van der Waals surface area contributed by atoms with Gasteiger partial charge in [0.05, 0.1) is 23.8 Å². The Labute approximate surface area is 280 Å². The lowest BCUT2D eigenvalue weighted by Crippen LogP contribution is -2.57. The molecule has 4 atom stereocenters. The van der Waals surface area contributed by atoms with Crippen LogP contribution in [-0.2, 0) is 36.9 Å². The number of benzene rings is 1. The Hall–Kier alpha value is -4.20. The number of hydrogen-bond donors (Lipinski definition) is 4. The average Bonchev–Trinajstić information content (AvgIpc) is 3.28. The molecule has 1 aromatic heterocycles. The zero-order valence-electron chi connectivity index (χ0n) is 28.2. The zero-order valence-corrected chi connectivity index (χ0v) is 29.0. The molecule has 5 amide bonds. The second-order valence-corrected chi connectivity index (χ2v) is 13.3. The molecule has 2 aromatic rings. The van der Waals surface area contributed by atoms with E-state index in [1.807, 2.05) is 36.6 Å². The van der Waals surface area contributed by atoms with Gasteiger partial charge >= 0.3 is 0 Å². The number of amides is 5. The van der Waals surface area contributed by atoms with Gasteiger partial charge in [0.2, 0.25) is 29.5 Å². The van der Waals surface area contributed by atoms with Gasteiger partial charge in [-0.1, -0.05) is 44.2 Å². The average molecular weight is 670 g/mol. The van der Waals surface area contributed by atoms with E-state index < -0.39 is 60.2 Å². The van der Waals surface area contributed by atoms with Crippen molar-refractivity contribution in [1.82, 2.24) is 35.9 Å². The Balaban J connectivity index is 2.02. The van der Waals surface area contributed by atoms with Crippen LogP contribution in [0.4, 0.5) is 0 Å². The van der Waals surface area contributed by atoms with Crippen LogP contribution in [0.2, 0.25) is 0 Å². The van der Waals surface area contributed by atoms with E-state index in [1.165, 1.54) is 28.3 Å². The summed E-state index contributed by atoms with van der Waals surface area (Å²) in [6.07, 6.45) is 2.54. The number of aryl methyl sites for hydroxylation is 1. The van der Waals surface area contributed by atoms with Gasteiger partial charge in [0, 0.05) is 12.2 Å². The summed E-state index contributed by atoms with van der Waals surface area (Å²) in [5, 5.41) is 15.6. The van der Waals surface area contributed by atoms with Gasteiger partial charge in [-0.15, -0.1) is 0 Å². The molecular weight excluding hydrogens is 622 g/mol. The maximum atomic E-state index is 13.9. The molecule has 2 heterocycles. The molecule has 0 aliphatic carbocycles. The monoisotopic (exact) mass is 669 g/mol. The molecule has 1 fully saturated rings. The van der Waals surface area contributed by atoms with E-state index in [1.54, 1.807) is 34.6 Å². The van der Waals surface area contributed by atoms with Crippen LogP contribution in [0.15, 0.2) is 30.3 Å². The predicted octanol–water partition coefficient (Wildman–Crippen LogP) is 1.16. The van der Waals surface area contributed by atoms with Crippen molar-refractivity contribution in [3.63, 3.8) is 0 Å². The number of Topliss-reactive ketones (excluding diaryl/α,β-unsaturated/α-hetero) is 1. The number of ketones is 1. The second kappa shape index (κ2) is 17.1. The Morgan fingerprint density at radius 1 is 0.979 bits per heavy atom. The quantitative estimate of drug-likeness (QED) is 0.288. The van der Waals surface area contributed by atoms with Crippen molar-refractivity contribution in [3.8, 4) is 0 Å². The van der Waals surface area contributed by atoms with Crippen molar-refractivity contribution in [2.24, 2.45) is 5.92 Å². The Morgan fingerprint density at radius 3 is 2.26 bits per heavy atom. The van der Waals surface area contributed by atoms with Gasteiger partial charge in [-0.2, -0.15) is 16.9 Å². The molecule has 13 nitrogen and oxygen atoms in total. The van der Waals surface area contributed by atoms with Crippen LogP contribution < -0.4 is 21.3 Å². The molecule has 1 saturated heterocycles. The lowest BCUT2D eigenvalue weighted by molar-refractivity contribution is -0.138. The van der Waals surface area contributed by atoms with Crippen LogP contribution in [0.25, 0.3) is 0 Å². The first-order chi connectivity index (χ1) is 22.2. The van der Waals surface area contributed by atoms with Crippen molar-refractivity contribution < 1.29 is 28.8 Å². The molecule has 3 rings (SSSR count). The normalized spacial score (nSPS) is 21.7. The third-order valence-electron chi connectivity index (χ3n) is 8.08. The highest BCUT2D eigenvalue weighted by atomic mass is 32.2. The molecule has 14 heteroatoms. The minimum absolute atomic E-state index is 0.0543. The van der Waals surface area contributed by atoms with Gasteiger partial charge < -0.3 is 26.2 Å². The number of carbonyl (C=O) groups is 6. The molecule has 0 saturated carbocycles. The van der Waals surface area contributed by atoms with Gasteiger partial charge in [-0.25, -0.2) is 0 Å². The standard InChI is InChI=1S/C33H47N7O6S/c1-19(2)30-33(46)36-26(13-14-47-7)32(45)34-21(4)31(44)35-25(15-24-11-9-8-10-12-24)16-39(17-27(42)37-30)28(43)18-40-22(5)29(23(6)41)20(3)38-40/h8-12,19,21,25-26,30H,13-18H2,1-7H3,(H,34,45)(H,35,44)(H,36,46)(H,37,42)/t21-,25+,26-,30-/m0/s1. The Kier molecular flexibility index (Phi) is 13.6. The van der Waals surface area contributed by atoms with E-state index in [0.717, 1.165) is 5.56 Å². The first-order valence-electron chi connectivity index (χ1n) is 15.8. The molecule has 0 radical (unpaired) electrons. The van der Waals surface area contributed by atoms with Crippen LogP contribution in [0.5, 0.6) is 0 Å². The van der Waals surface area contributed by atoms with Gasteiger partial charge in [0.1, 0.15) is 24.7 Å². The van der Waals surface area contributed by atoms with Crippen LogP contribution >= 0.6 is 11.8 Å².